The van der Waals surface area contributed by atoms with Gasteiger partial charge in [0.15, 0.2) is 0 Å². The Hall–Kier alpha value is -4.08. The molecule has 10 nitrogen and oxygen atoms in total. The predicted molar refractivity (Wildman–Crippen MR) is 140 cm³/mol. The van der Waals surface area contributed by atoms with Gasteiger partial charge in [-0.2, -0.15) is 0 Å². The molecule has 2 atom stereocenters. The molecule has 4 amide bonds. The molecule has 200 valence electrons. The van der Waals surface area contributed by atoms with E-state index in [1.54, 1.807) is 39.8 Å². The van der Waals surface area contributed by atoms with E-state index in [1.165, 1.54) is 17.0 Å². The van der Waals surface area contributed by atoms with Gasteiger partial charge in [-0.1, -0.05) is 36.4 Å². The Morgan fingerprint density at radius 1 is 1.03 bits per heavy atom. The summed E-state index contributed by atoms with van der Waals surface area (Å²) in [6, 6.07) is 9.03. The van der Waals surface area contributed by atoms with Crippen LogP contribution in [0.25, 0.3) is 0 Å². The van der Waals surface area contributed by atoms with Crippen LogP contribution in [-0.4, -0.2) is 52.0 Å². The summed E-state index contributed by atoms with van der Waals surface area (Å²) in [5, 5.41) is 15.9. The molecule has 10 heteroatoms. The van der Waals surface area contributed by atoms with Crippen molar-refractivity contribution in [2.45, 2.75) is 65.6 Å². The third-order valence-electron chi connectivity index (χ3n) is 5.54. The normalized spacial score (nSPS) is 12.7. The zero-order valence-electron chi connectivity index (χ0n) is 22.1. The smallest absolute Gasteiger partial charge is 0.408 e. The van der Waals surface area contributed by atoms with E-state index in [2.05, 4.69) is 10.6 Å². The highest BCUT2D eigenvalue weighted by atomic mass is 16.6. The summed E-state index contributed by atoms with van der Waals surface area (Å²) in [5.74, 6) is -2.34. The number of para-hydroxylation sites is 2. The lowest BCUT2D eigenvalue weighted by atomic mass is 10.0. The number of likely N-dealkylation sites (N-methyl/N-ethyl adjacent to an activating group) is 1. The minimum absolute atomic E-state index is 0.0171. The largest absolute Gasteiger partial charge is 0.508 e. The van der Waals surface area contributed by atoms with Gasteiger partial charge in [0.05, 0.1) is 6.42 Å². The number of rotatable bonds is 9. The van der Waals surface area contributed by atoms with Crippen molar-refractivity contribution in [2.75, 3.05) is 11.9 Å². The van der Waals surface area contributed by atoms with Gasteiger partial charge >= 0.3 is 6.09 Å². The number of anilines is 1. The summed E-state index contributed by atoms with van der Waals surface area (Å²) in [7, 11) is 0. The highest BCUT2D eigenvalue weighted by Gasteiger charge is 2.37. The molecule has 0 saturated carbocycles. The molecule has 0 bridgehead atoms. The molecule has 0 aliphatic rings. The van der Waals surface area contributed by atoms with Crippen LogP contribution in [0.4, 0.5) is 10.5 Å². The molecule has 2 unspecified atom stereocenters. The fourth-order valence-corrected chi connectivity index (χ4v) is 3.89. The number of hydrogen-bond acceptors (Lipinski definition) is 6. The molecule has 0 saturated heterocycles. The van der Waals surface area contributed by atoms with Crippen LogP contribution < -0.4 is 16.4 Å². The second-order valence-corrected chi connectivity index (χ2v) is 9.71. The van der Waals surface area contributed by atoms with Crippen molar-refractivity contribution >= 4 is 29.5 Å². The van der Waals surface area contributed by atoms with E-state index < -0.39 is 47.9 Å². The Balaban J connectivity index is 2.51. The lowest BCUT2D eigenvalue weighted by Crippen LogP contribution is -2.53. The van der Waals surface area contributed by atoms with Crippen LogP contribution in [0, 0.1) is 13.8 Å². The zero-order valence-corrected chi connectivity index (χ0v) is 22.1. The number of amides is 4. The number of ether oxygens (including phenoxy) is 1. The van der Waals surface area contributed by atoms with Gasteiger partial charge in [-0.05, 0) is 58.7 Å². The minimum Gasteiger partial charge on any atom is -0.508 e. The predicted octanol–water partition coefficient (Wildman–Crippen LogP) is 3.31. The molecule has 0 aliphatic heterocycles. The first kappa shape index (κ1) is 29.2. The second kappa shape index (κ2) is 12.2. The average Bonchev–Trinajstić information content (AvgIpc) is 2.78. The van der Waals surface area contributed by atoms with E-state index in [0.717, 1.165) is 11.1 Å². The number of nitrogens with one attached hydrogen (secondary N) is 2. The number of alkyl carbamates (subject to hydrolysis) is 1. The quantitative estimate of drug-likeness (QED) is 0.405. The summed E-state index contributed by atoms with van der Waals surface area (Å²) in [6.45, 7) is 10.3. The van der Waals surface area contributed by atoms with Crippen LogP contribution in [0.1, 0.15) is 56.8 Å². The number of nitrogens with zero attached hydrogens (tertiary/aromatic N) is 1. The number of hydrogen-bond donors (Lipinski definition) is 4. The van der Waals surface area contributed by atoms with Crippen LogP contribution >= 0.6 is 0 Å². The van der Waals surface area contributed by atoms with Gasteiger partial charge in [0.1, 0.15) is 23.4 Å². The molecular formula is C27H36N4O6. The molecule has 0 heterocycles. The highest BCUT2D eigenvalue weighted by molar-refractivity contribution is 6.00. The number of aryl methyl sites for hydroxylation is 2. The summed E-state index contributed by atoms with van der Waals surface area (Å²) in [5.41, 5.74) is 6.90. The van der Waals surface area contributed by atoms with Gasteiger partial charge in [0.25, 0.3) is 5.91 Å². The lowest BCUT2D eigenvalue weighted by molar-refractivity contribution is -0.141. The Kier molecular flexibility index (Phi) is 9.65. The Morgan fingerprint density at radius 2 is 1.62 bits per heavy atom. The van der Waals surface area contributed by atoms with Crippen molar-refractivity contribution < 1.29 is 29.0 Å². The van der Waals surface area contributed by atoms with Crippen molar-refractivity contribution in [3.63, 3.8) is 0 Å². The van der Waals surface area contributed by atoms with Crippen LogP contribution in [0.2, 0.25) is 0 Å². The molecule has 2 rings (SSSR count). The first-order valence-electron chi connectivity index (χ1n) is 12.0. The summed E-state index contributed by atoms with van der Waals surface area (Å²) >= 11 is 0. The average molecular weight is 513 g/mol. The van der Waals surface area contributed by atoms with Crippen LogP contribution in [0.15, 0.2) is 42.5 Å². The third-order valence-corrected chi connectivity index (χ3v) is 5.54. The van der Waals surface area contributed by atoms with E-state index in [0.29, 0.717) is 5.69 Å². The van der Waals surface area contributed by atoms with Crippen molar-refractivity contribution in [2.24, 2.45) is 5.73 Å². The molecule has 2 aromatic rings. The molecule has 0 radical (unpaired) electrons. The van der Waals surface area contributed by atoms with E-state index in [4.69, 9.17) is 10.5 Å². The molecule has 0 aliphatic carbocycles. The van der Waals surface area contributed by atoms with Gasteiger partial charge in [-0.25, -0.2) is 4.79 Å². The van der Waals surface area contributed by atoms with Crippen molar-refractivity contribution in [3.8, 4) is 5.75 Å². The SMILES string of the molecule is CCN(C(=O)C(CC(N)=O)NC(=O)OC(C)(C)C)C(C(=O)Nc1c(C)cccc1C)c1ccccc1O. The standard InChI is InChI=1S/C27H36N4O6/c1-7-31(25(35)19(15-21(28)33)29-26(36)37-27(4,5)6)23(18-13-8-9-14-20(18)32)24(34)30-22-16(2)11-10-12-17(22)3/h8-14,19,23,32H,7,15H2,1-6H3,(H2,28,33)(H,29,36)(H,30,34). The maximum absolute atomic E-state index is 13.7. The van der Waals surface area contributed by atoms with E-state index in [9.17, 15) is 24.3 Å². The summed E-state index contributed by atoms with van der Waals surface area (Å²) in [4.78, 5) is 52.8. The van der Waals surface area contributed by atoms with Gasteiger partial charge in [-0.15, -0.1) is 0 Å². The molecule has 37 heavy (non-hydrogen) atoms. The van der Waals surface area contributed by atoms with Crippen molar-refractivity contribution in [3.05, 3.63) is 59.2 Å². The maximum atomic E-state index is 13.7. The number of benzene rings is 2. The first-order valence-corrected chi connectivity index (χ1v) is 12.0. The van der Waals surface area contributed by atoms with Crippen LogP contribution in [-0.2, 0) is 19.1 Å². The number of carbonyl (C=O) groups is 4. The molecule has 0 fully saturated rings. The number of phenols is 1. The second-order valence-electron chi connectivity index (χ2n) is 9.71. The fraction of sp³-hybridized carbons (Fsp3) is 0.407. The number of nitrogens with two attached hydrogens (primary N) is 1. The van der Waals surface area contributed by atoms with Gasteiger partial charge in [0.2, 0.25) is 11.8 Å². The van der Waals surface area contributed by atoms with E-state index in [1.807, 2.05) is 32.0 Å². The third kappa shape index (κ3) is 7.96. The van der Waals surface area contributed by atoms with Crippen LogP contribution in [0.3, 0.4) is 0 Å². The lowest BCUT2D eigenvalue weighted by Gasteiger charge is -2.34. The van der Waals surface area contributed by atoms with E-state index >= 15 is 0 Å². The van der Waals surface area contributed by atoms with E-state index in [-0.39, 0.29) is 17.9 Å². The van der Waals surface area contributed by atoms with Crippen LogP contribution in [0.5, 0.6) is 5.75 Å². The topological polar surface area (TPSA) is 151 Å². The monoisotopic (exact) mass is 512 g/mol. The number of phenolic OH excluding ortho intramolecular Hbond substituents is 1. The molecule has 0 spiro atoms. The molecule has 0 aromatic heterocycles. The summed E-state index contributed by atoms with van der Waals surface area (Å²) < 4.78 is 5.24. The number of aromatic hydroxyl groups is 1. The minimum atomic E-state index is -1.39. The molecule has 5 N–H and O–H groups in total. The summed E-state index contributed by atoms with van der Waals surface area (Å²) in [6.07, 6.45) is -1.43. The van der Waals surface area contributed by atoms with Crippen molar-refractivity contribution in [1.82, 2.24) is 10.2 Å². The maximum Gasteiger partial charge on any atom is 0.408 e. The Labute approximate surface area is 217 Å². The molecular weight excluding hydrogens is 476 g/mol. The van der Waals surface area contributed by atoms with Gasteiger partial charge in [-0.3, -0.25) is 14.4 Å². The highest BCUT2D eigenvalue weighted by Crippen LogP contribution is 2.31. The molecule has 2 aromatic carbocycles. The Morgan fingerprint density at radius 3 is 2.14 bits per heavy atom. The Bertz CT molecular complexity index is 1140. The zero-order chi connectivity index (χ0) is 27.9. The van der Waals surface area contributed by atoms with Crippen molar-refractivity contribution in [1.29, 1.82) is 0 Å². The number of primary amides is 1. The first-order chi connectivity index (χ1) is 17.2. The van der Waals surface area contributed by atoms with Gasteiger partial charge < -0.3 is 31.1 Å². The number of carbonyl (C=O) groups excluding carboxylic acids is 4. The fourth-order valence-electron chi connectivity index (χ4n) is 3.89. The van der Waals surface area contributed by atoms with Gasteiger partial charge in [0, 0.05) is 17.8 Å².